The van der Waals surface area contributed by atoms with Crippen LogP contribution in [0.25, 0.3) is 0 Å². The number of hydrogen-bond acceptors (Lipinski definition) is 5. The molecule has 0 unspecified atom stereocenters. The van der Waals surface area contributed by atoms with Gasteiger partial charge in [-0.15, -0.1) is 10.2 Å². The zero-order chi connectivity index (χ0) is 14.8. The van der Waals surface area contributed by atoms with Crippen molar-refractivity contribution in [3.63, 3.8) is 0 Å². The molecule has 2 atom stereocenters. The molecule has 1 heterocycles. The topological polar surface area (TPSA) is 87.1 Å². The van der Waals surface area contributed by atoms with Crippen LogP contribution in [-0.4, -0.2) is 34.0 Å². The van der Waals surface area contributed by atoms with Crippen molar-refractivity contribution in [2.75, 3.05) is 11.9 Å². The number of carbonyl (C=O) groups excluding carboxylic acids is 1. The maximum absolute atomic E-state index is 11.8. The minimum Gasteiger partial charge on any atom is -0.396 e. The minimum atomic E-state index is -0.296. The van der Waals surface area contributed by atoms with Crippen LogP contribution in [0, 0.1) is 5.92 Å². The zero-order valence-corrected chi connectivity index (χ0v) is 12.7. The Kier molecular flexibility index (Phi) is 4.39. The second-order valence-corrected chi connectivity index (χ2v) is 6.91. The third-order valence-corrected chi connectivity index (χ3v) is 4.27. The Bertz CT molecular complexity index is 507. The number of carbonyl (C=O) groups is 1. The molecule has 1 aromatic rings. The van der Waals surface area contributed by atoms with E-state index < -0.39 is 0 Å². The molecule has 0 spiro atoms. The Labute approximate surface area is 122 Å². The summed E-state index contributed by atoms with van der Waals surface area (Å²) in [4.78, 5) is 11.8. The molecule has 20 heavy (non-hydrogen) atoms. The number of nitrogens with one attached hydrogen (secondary N) is 2. The number of nitrogens with zero attached hydrogens (tertiary/aromatic N) is 2. The van der Waals surface area contributed by atoms with Gasteiger partial charge in [0.1, 0.15) is 5.01 Å². The largest absolute Gasteiger partial charge is 0.396 e. The number of aliphatic hydroxyl groups is 1. The minimum absolute atomic E-state index is 0.0397. The van der Waals surface area contributed by atoms with E-state index in [1.165, 1.54) is 11.3 Å². The molecule has 0 saturated carbocycles. The second-order valence-electron chi connectivity index (χ2n) is 5.93. The number of hydrogen-bond donors (Lipinski definition) is 3. The van der Waals surface area contributed by atoms with Gasteiger partial charge in [-0.25, -0.2) is 4.79 Å². The van der Waals surface area contributed by atoms with Crippen molar-refractivity contribution >= 4 is 22.5 Å². The third-order valence-electron chi connectivity index (χ3n) is 3.01. The standard InChI is InChI=1S/C13H20N4O2S/c1-13(2,3)10-16-17-12(20-10)15-11(19)14-9-5-4-8(6-9)7-18/h4-5,8-9,18H,6-7H2,1-3H3,(H2,14,15,17,19)/t8-,9+/m0/s1. The lowest BCUT2D eigenvalue weighted by Crippen LogP contribution is -2.36. The van der Waals surface area contributed by atoms with Gasteiger partial charge in [0.05, 0.1) is 0 Å². The van der Waals surface area contributed by atoms with E-state index in [2.05, 4.69) is 41.6 Å². The highest BCUT2D eigenvalue weighted by Crippen LogP contribution is 2.27. The van der Waals surface area contributed by atoms with Crippen molar-refractivity contribution in [2.45, 2.75) is 38.6 Å². The molecule has 3 N–H and O–H groups in total. The fourth-order valence-electron chi connectivity index (χ4n) is 1.90. The van der Waals surface area contributed by atoms with Crippen molar-refractivity contribution in [3.05, 3.63) is 17.2 Å². The first-order valence-electron chi connectivity index (χ1n) is 6.59. The molecule has 7 heteroatoms. The lowest BCUT2D eigenvalue weighted by molar-refractivity contribution is 0.238. The highest BCUT2D eigenvalue weighted by Gasteiger charge is 2.22. The first-order valence-corrected chi connectivity index (χ1v) is 7.41. The summed E-state index contributed by atoms with van der Waals surface area (Å²) in [5, 5.41) is 24.0. The lowest BCUT2D eigenvalue weighted by Gasteiger charge is -2.13. The number of aromatic nitrogens is 2. The van der Waals surface area contributed by atoms with E-state index >= 15 is 0 Å². The van der Waals surface area contributed by atoms with Gasteiger partial charge in [0.15, 0.2) is 0 Å². The normalized spacial score (nSPS) is 22.0. The Hall–Kier alpha value is -1.47. The van der Waals surface area contributed by atoms with E-state index in [9.17, 15) is 4.79 Å². The molecule has 110 valence electrons. The van der Waals surface area contributed by atoms with Crippen molar-refractivity contribution < 1.29 is 9.90 Å². The fraction of sp³-hybridized carbons (Fsp3) is 0.615. The lowest BCUT2D eigenvalue weighted by atomic mass is 9.98. The first-order chi connectivity index (χ1) is 9.38. The molecule has 0 fully saturated rings. The smallest absolute Gasteiger partial charge is 0.321 e. The molecule has 2 amide bonds. The van der Waals surface area contributed by atoms with Gasteiger partial charge in [0.2, 0.25) is 5.13 Å². The molecule has 1 aliphatic carbocycles. The molecule has 0 saturated heterocycles. The van der Waals surface area contributed by atoms with E-state index in [1.54, 1.807) is 0 Å². The average Bonchev–Trinajstić information content (AvgIpc) is 2.97. The van der Waals surface area contributed by atoms with Crippen molar-refractivity contribution in [3.8, 4) is 0 Å². The van der Waals surface area contributed by atoms with Crippen molar-refractivity contribution in [2.24, 2.45) is 5.92 Å². The van der Waals surface area contributed by atoms with Crippen molar-refractivity contribution in [1.82, 2.24) is 15.5 Å². The summed E-state index contributed by atoms with van der Waals surface area (Å²) in [5.41, 5.74) is -0.0728. The molecular weight excluding hydrogens is 276 g/mol. The van der Waals surface area contributed by atoms with Crippen LogP contribution in [0.5, 0.6) is 0 Å². The summed E-state index contributed by atoms with van der Waals surface area (Å²) in [6.07, 6.45) is 4.56. The maximum atomic E-state index is 11.8. The second kappa shape index (κ2) is 5.88. The van der Waals surface area contributed by atoms with Gasteiger partial charge in [-0.05, 0) is 6.42 Å². The average molecular weight is 296 g/mol. The van der Waals surface area contributed by atoms with E-state index in [0.717, 1.165) is 11.4 Å². The van der Waals surface area contributed by atoms with Gasteiger partial charge in [-0.3, -0.25) is 5.32 Å². The third kappa shape index (κ3) is 3.77. The quantitative estimate of drug-likeness (QED) is 0.743. The van der Waals surface area contributed by atoms with Crippen LogP contribution in [0.3, 0.4) is 0 Å². The summed E-state index contributed by atoms with van der Waals surface area (Å²) in [5.74, 6) is 0.134. The molecule has 0 radical (unpaired) electrons. The SMILES string of the molecule is CC(C)(C)c1nnc(NC(=O)N[C@@H]2C=C[C@H](CO)C2)s1. The molecule has 0 aromatic carbocycles. The van der Waals surface area contributed by atoms with Gasteiger partial charge in [0, 0.05) is 24.0 Å². The van der Waals surface area contributed by atoms with Gasteiger partial charge in [-0.1, -0.05) is 44.3 Å². The number of aliphatic hydroxyl groups excluding tert-OH is 1. The van der Waals surface area contributed by atoms with Crippen LogP contribution in [0.15, 0.2) is 12.2 Å². The molecule has 1 aliphatic rings. The zero-order valence-electron chi connectivity index (χ0n) is 11.9. The van der Waals surface area contributed by atoms with Gasteiger partial charge < -0.3 is 10.4 Å². The molecular formula is C13H20N4O2S. The predicted molar refractivity (Wildman–Crippen MR) is 78.9 cm³/mol. The van der Waals surface area contributed by atoms with E-state index in [4.69, 9.17) is 5.11 Å². The van der Waals surface area contributed by atoms with Crippen LogP contribution < -0.4 is 10.6 Å². The number of urea groups is 1. The Morgan fingerprint density at radius 1 is 1.45 bits per heavy atom. The Balaban J connectivity index is 1.86. The van der Waals surface area contributed by atoms with E-state index in [-0.39, 0.29) is 30.0 Å². The fourth-order valence-corrected chi connectivity index (χ4v) is 2.69. The molecule has 2 rings (SSSR count). The predicted octanol–water partition coefficient (Wildman–Crippen LogP) is 1.89. The van der Waals surface area contributed by atoms with E-state index in [0.29, 0.717) is 5.13 Å². The van der Waals surface area contributed by atoms with Crippen LogP contribution in [0.4, 0.5) is 9.93 Å². The van der Waals surface area contributed by atoms with Crippen LogP contribution >= 0.6 is 11.3 Å². The van der Waals surface area contributed by atoms with Crippen LogP contribution in [0.2, 0.25) is 0 Å². The Morgan fingerprint density at radius 3 is 2.75 bits per heavy atom. The van der Waals surface area contributed by atoms with Gasteiger partial charge in [-0.2, -0.15) is 0 Å². The molecule has 6 nitrogen and oxygen atoms in total. The van der Waals surface area contributed by atoms with Gasteiger partial charge >= 0.3 is 6.03 Å². The van der Waals surface area contributed by atoms with Crippen LogP contribution in [0.1, 0.15) is 32.2 Å². The van der Waals surface area contributed by atoms with Gasteiger partial charge in [0.25, 0.3) is 0 Å². The highest BCUT2D eigenvalue weighted by molar-refractivity contribution is 7.15. The monoisotopic (exact) mass is 296 g/mol. The summed E-state index contributed by atoms with van der Waals surface area (Å²) in [6, 6.07) is -0.336. The van der Waals surface area contributed by atoms with E-state index in [1.807, 2.05) is 12.2 Å². The Morgan fingerprint density at radius 2 is 2.20 bits per heavy atom. The summed E-state index contributed by atoms with van der Waals surface area (Å²) < 4.78 is 0. The molecule has 1 aromatic heterocycles. The first kappa shape index (κ1) is 14.9. The number of rotatable bonds is 3. The maximum Gasteiger partial charge on any atom is 0.321 e. The molecule has 0 bridgehead atoms. The highest BCUT2D eigenvalue weighted by atomic mass is 32.1. The summed E-state index contributed by atoms with van der Waals surface area (Å²) in [6.45, 7) is 6.27. The summed E-state index contributed by atoms with van der Waals surface area (Å²) in [7, 11) is 0. The number of anilines is 1. The summed E-state index contributed by atoms with van der Waals surface area (Å²) >= 11 is 1.38. The van der Waals surface area contributed by atoms with Crippen LogP contribution in [-0.2, 0) is 5.41 Å². The number of amides is 2. The molecule has 0 aliphatic heterocycles. The van der Waals surface area contributed by atoms with Crippen molar-refractivity contribution in [1.29, 1.82) is 0 Å².